The Kier molecular flexibility index (Phi) is 6.62. The topological polar surface area (TPSA) is 84.2 Å². The Labute approximate surface area is 121 Å². The number of alkyl halides is 3. The molecule has 0 saturated carbocycles. The molecule has 0 aromatic carbocycles. The Morgan fingerprint density at radius 3 is 2.62 bits per heavy atom. The van der Waals surface area contributed by atoms with Crippen LogP contribution in [0.15, 0.2) is 17.3 Å². The lowest BCUT2D eigenvalue weighted by molar-refractivity contribution is -0.135. The van der Waals surface area contributed by atoms with Gasteiger partial charge in [0.2, 0.25) is 10.0 Å². The maximum atomic E-state index is 11.9. The predicted octanol–water partition coefficient (Wildman–Crippen LogP) is 1.28. The number of hydrogen-bond donors (Lipinski definition) is 2. The van der Waals surface area contributed by atoms with Crippen LogP contribution in [0.1, 0.15) is 25.7 Å². The van der Waals surface area contributed by atoms with E-state index in [1.54, 1.807) is 0 Å². The molecule has 2 N–H and O–H groups in total. The lowest BCUT2D eigenvalue weighted by Crippen LogP contribution is -2.24. The summed E-state index contributed by atoms with van der Waals surface area (Å²) < 4.78 is 63.1. The number of hydrogen-bond acceptors (Lipinski definition) is 4. The van der Waals surface area contributed by atoms with Gasteiger partial charge in [-0.1, -0.05) is 0 Å². The minimum atomic E-state index is -4.22. The molecular formula is C11H18F3N3O3S. The van der Waals surface area contributed by atoms with Crippen molar-refractivity contribution < 1.29 is 26.7 Å². The van der Waals surface area contributed by atoms with Crippen LogP contribution in [0.25, 0.3) is 0 Å². The van der Waals surface area contributed by atoms with E-state index in [2.05, 4.69) is 9.82 Å². The number of aromatic nitrogens is 2. The van der Waals surface area contributed by atoms with Gasteiger partial charge in [-0.3, -0.25) is 4.68 Å². The molecule has 0 unspecified atom stereocenters. The zero-order chi connectivity index (χ0) is 15.9. The smallest absolute Gasteiger partial charge is 0.389 e. The summed E-state index contributed by atoms with van der Waals surface area (Å²) in [4.78, 5) is -0.0451. The zero-order valence-corrected chi connectivity index (χ0v) is 12.1. The van der Waals surface area contributed by atoms with Gasteiger partial charge in [-0.25, -0.2) is 13.1 Å². The van der Waals surface area contributed by atoms with Crippen LogP contribution in [0.4, 0.5) is 13.2 Å². The highest BCUT2D eigenvalue weighted by Crippen LogP contribution is 2.21. The molecule has 0 amide bonds. The second-order valence-corrected chi connectivity index (χ2v) is 6.25. The highest BCUT2D eigenvalue weighted by atomic mass is 32.2. The van der Waals surface area contributed by atoms with E-state index in [0.29, 0.717) is 13.0 Å². The summed E-state index contributed by atoms with van der Waals surface area (Å²) in [6.45, 7) is 0.303. The first kappa shape index (κ1) is 17.9. The van der Waals surface area contributed by atoms with Gasteiger partial charge in [0.25, 0.3) is 0 Å². The second-order valence-electron chi connectivity index (χ2n) is 4.49. The number of nitrogens with zero attached hydrogens (tertiary/aromatic N) is 2. The summed E-state index contributed by atoms with van der Waals surface area (Å²) in [6, 6.07) is 0. The first-order valence-electron chi connectivity index (χ1n) is 6.44. The van der Waals surface area contributed by atoms with Gasteiger partial charge in [0.05, 0.1) is 6.20 Å². The molecule has 6 nitrogen and oxygen atoms in total. The Balaban J connectivity index is 2.41. The maximum absolute atomic E-state index is 11.9. The molecule has 21 heavy (non-hydrogen) atoms. The number of sulfonamides is 1. The van der Waals surface area contributed by atoms with E-state index in [0.717, 1.165) is 6.20 Å². The summed E-state index contributed by atoms with van der Waals surface area (Å²) >= 11 is 0. The van der Waals surface area contributed by atoms with Crippen LogP contribution in [0.2, 0.25) is 0 Å². The highest BCUT2D eigenvalue weighted by Gasteiger charge is 2.26. The average molecular weight is 329 g/mol. The highest BCUT2D eigenvalue weighted by molar-refractivity contribution is 7.89. The number of nitrogens with one attached hydrogen (secondary N) is 1. The minimum Gasteiger partial charge on any atom is -0.396 e. The third-order valence-corrected chi connectivity index (χ3v) is 4.06. The molecule has 0 spiro atoms. The van der Waals surface area contributed by atoms with E-state index in [1.807, 2.05) is 0 Å². The fraction of sp³-hybridized carbons (Fsp3) is 0.727. The van der Waals surface area contributed by atoms with Gasteiger partial charge < -0.3 is 5.11 Å². The number of halogens is 3. The van der Waals surface area contributed by atoms with Crippen molar-refractivity contribution in [3.05, 3.63) is 12.4 Å². The third kappa shape index (κ3) is 6.91. The van der Waals surface area contributed by atoms with Crippen molar-refractivity contribution in [2.45, 2.75) is 43.3 Å². The van der Waals surface area contributed by atoms with Crippen molar-refractivity contribution in [1.29, 1.82) is 0 Å². The van der Waals surface area contributed by atoms with Gasteiger partial charge in [-0.15, -0.1) is 0 Å². The number of aliphatic hydroxyl groups excluding tert-OH is 1. The van der Waals surface area contributed by atoms with Crippen molar-refractivity contribution in [2.75, 3.05) is 13.2 Å². The summed E-state index contributed by atoms with van der Waals surface area (Å²) in [5, 5.41) is 12.5. The Morgan fingerprint density at radius 1 is 1.29 bits per heavy atom. The largest absolute Gasteiger partial charge is 0.396 e. The van der Waals surface area contributed by atoms with Crippen LogP contribution < -0.4 is 4.72 Å². The number of aliphatic hydroxyl groups is 1. The first-order chi connectivity index (χ1) is 9.74. The predicted molar refractivity (Wildman–Crippen MR) is 69.0 cm³/mol. The molecule has 1 rings (SSSR count). The van der Waals surface area contributed by atoms with Gasteiger partial charge in [-0.05, 0) is 19.3 Å². The molecular weight excluding hydrogens is 311 g/mol. The van der Waals surface area contributed by atoms with Crippen molar-refractivity contribution in [3.63, 3.8) is 0 Å². The number of unbranched alkanes of at least 4 members (excludes halogenated alkanes) is 1. The van der Waals surface area contributed by atoms with E-state index in [9.17, 15) is 21.6 Å². The fourth-order valence-electron chi connectivity index (χ4n) is 1.58. The van der Waals surface area contributed by atoms with Gasteiger partial charge in [0, 0.05) is 32.3 Å². The first-order valence-corrected chi connectivity index (χ1v) is 7.93. The van der Waals surface area contributed by atoms with Crippen molar-refractivity contribution >= 4 is 10.0 Å². The summed E-state index contributed by atoms with van der Waals surface area (Å²) in [5.74, 6) is 0. The molecule has 0 radical (unpaired) electrons. The molecule has 0 atom stereocenters. The van der Waals surface area contributed by atoms with Gasteiger partial charge in [0.15, 0.2) is 0 Å². The van der Waals surface area contributed by atoms with Crippen molar-refractivity contribution in [2.24, 2.45) is 0 Å². The lowest BCUT2D eigenvalue weighted by Gasteiger charge is -2.06. The van der Waals surface area contributed by atoms with E-state index in [-0.39, 0.29) is 30.9 Å². The van der Waals surface area contributed by atoms with E-state index in [1.165, 1.54) is 10.9 Å². The number of aryl methyl sites for hydroxylation is 1. The summed E-state index contributed by atoms with van der Waals surface area (Å²) in [6.07, 6.45) is -2.23. The molecule has 0 aliphatic rings. The van der Waals surface area contributed by atoms with E-state index in [4.69, 9.17) is 5.11 Å². The third-order valence-electron chi connectivity index (χ3n) is 2.64. The van der Waals surface area contributed by atoms with Gasteiger partial charge in [-0.2, -0.15) is 18.3 Å². The molecule has 0 bridgehead atoms. The summed E-state index contributed by atoms with van der Waals surface area (Å²) in [5.41, 5.74) is 0. The van der Waals surface area contributed by atoms with Crippen LogP contribution in [0.3, 0.4) is 0 Å². The SMILES string of the molecule is O=S(=O)(NCCCCC(F)(F)F)c1cnn(CCCO)c1. The Bertz CT molecular complexity index is 528. The molecule has 1 heterocycles. The minimum absolute atomic E-state index is 0.0284. The zero-order valence-electron chi connectivity index (χ0n) is 11.3. The van der Waals surface area contributed by atoms with Crippen LogP contribution in [-0.4, -0.2) is 42.6 Å². The molecule has 0 aliphatic heterocycles. The van der Waals surface area contributed by atoms with Crippen LogP contribution in [0, 0.1) is 0 Å². The van der Waals surface area contributed by atoms with Gasteiger partial charge in [0.1, 0.15) is 4.90 Å². The lowest BCUT2D eigenvalue weighted by atomic mass is 10.2. The van der Waals surface area contributed by atoms with Crippen LogP contribution in [-0.2, 0) is 16.6 Å². The van der Waals surface area contributed by atoms with E-state index < -0.39 is 22.6 Å². The summed E-state index contributed by atoms with van der Waals surface area (Å²) in [7, 11) is -3.76. The molecule has 0 saturated heterocycles. The quantitative estimate of drug-likeness (QED) is 0.669. The molecule has 122 valence electrons. The second kappa shape index (κ2) is 7.76. The van der Waals surface area contributed by atoms with Crippen LogP contribution >= 0.6 is 0 Å². The van der Waals surface area contributed by atoms with Crippen molar-refractivity contribution in [3.8, 4) is 0 Å². The Morgan fingerprint density at radius 2 is 2.00 bits per heavy atom. The normalized spacial score (nSPS) is 12.8. The molecule has 1 aromatic heterocycles. The molecule has 10 heteroatoms. The standard InChI is InChI=1S/C11H18F3N3O3S/c12-11(13,14)4-1-2-5-16-21(19,20)10-8-15-17(9-10)6-3-7-18/h8-9,16,18H,1-7H2. The number of rotatable bonds is 9. The molecule has 1 aromatic rings. The monoisotopic (exact) mass is 329 g/mol. The maximum Gasteiger partial charge on any atom is 0.389 e. The van der Waals surface area contributed by atoms with Crippen LogP contribution in [0.5, 0.6) is 0 Å². The molecule has 0 aliphatic carbocycles. The Hall–Kier alpha value is -1.13. The van der Waals surface area contributed by atoms with Crippen molar-refractivity contribution in [1.82, 2.24) is 14.5 Å². The van der Waals surface area contributed by atoms with E-state index >= 15 is 0 Å². The fourth-order valence-corrected chi connectivity index (χ4v) is 2.60. The van der Waals surface area contributed by atoms with Gasteiger partial charge >= 0.3 is 6.18 Å². The molecule has 0 fully saturated rings. The average Bonchev–Trinajstić information content (AvgIpc) is 2.84.